The van der Waals surface area contributed by atoms with E-state index in [0.29, 0.717) is 48.9 Å². The lowest BCUT2D eigenvalue weighted by Gasteiger charge is -2.36. The fourth-order valence-electron chi connectivity index (χ4n) is 4.57. The van der Waals surface area contributed by atoms with Gasteiger partial charge in [-0.05, 0) is 79.9 Å². The molecule has 3 aromatic rings. The molecule has 0 fully saturated rings. The highest BCUT2D eigenvalue weighted by Gasteiger charge is 2.35. The fraction of sp³-hybridized carbons (Fsp3) is 0.276. The number of aliphatic carboxylic acids is 1. The molecule has 4 rings (SSSR count). The van der Waals surface area contributed by atoms with Crippen LogP contribution in [0.2, 0.25) is 5.02 Å². The van der Waals surface area contributed by atoms with Crippen molar-refractivity contribution in [3.63, 3.8) is 0 Å². The van der Waals surface area contributed by atoms with Crippen LogP contribution >= 0.6 is 11.6 Å². The fourth-order valence-corrected chi connectivity index (χ4v) is 4.69. The topological polar surface area (TPSA) is 87.2 Å². The molecule has 1 N–H and O–H groups in total. The molecule has 37 heavy (non-hydrogen) atoms. The Balaban J connectivity index is 1.50. The summed E-state index contributed by atoms with van der Waals surface area (Å²) in [6.07, 6.45) is 0.967. The highest BCUT2D eigenvalue weighted by atomic mass is 35.5. The molecule has 1 atom stereocenters. The van der Waals surface area contributed by atoms with E-state index in [4.69, 9.17) is 21.4 Å². The van der Waals surface area contributed by atoms with Crippen LogP contribution in [0.5, 0.6) is 5.75 Å². The molecule has 1 heterocycles. The van der Waals surface area contributed by atoms with Crippen LogP contribution in [0.3, 0.4) is 0 Å². The zero-order valence-corrected chi connectivity index (χ0v) is 21.4. The Bertz CT molecular complexity index is 1260. The van der Waals surface area contributed by atoms with E-state index in [1.807, 2.05) is 43.3 Å². The Morgan fingerprint density at radius 2 is 1.73 bits per heavy atom. The first-order chi connectivity index (χ1) is 17.9. The molecule has 0 saturated heterocycles. The number of hydrogen-bond donors (Lipinski definition) is 1. The highest BCUT2D eigenvalue weighted by molar-refractivity contribution is 6.30. The van der Waals surface area contributed by atoms with Gasteiger partial charge in [-0.15, -0.1) is 0 Å². The number of carboxylic acid groups (broad SMARTS) is 1. The van der Waals surface area contributed by atoms with Gasteiger partial charge in [-0.25, -0.2) is 0 Å². The van der Waals surface area contributed by atoms with Gasteiger partial charge < -0.3 is 19.6 Å². The van der Waals surface area contributed by atoms with E-state index in [9.17, 15) is 14.4 Å². The molecule has 1 aliphatic heterocycles. The quantitative estimate of drug-likeness (QED) is 0.362. The predicted octanol–water partition coefficient (Wildman–Crippen LogP) is 5.77. The van der Waals surface area contributed by atoms with Crippen molar-refractivity contribution >= 4 is 40.8 Å². The number of fused-ring (bicyclic) bond motifs is 1. The highest BCUT2D eigenvalue weighted by Crippen LogP contribution is 2.38. The van der Waals surface area contributed by atoms with Gasteiger partial charge in [0.05, 0.1) is 12.5 Å². The van der Waals surface area contributed by atoms with Crippen molar-refractivity contribution in [1.82, 2.24) is 0 Å². The molecule has 2 amide bonds. The van der Waals surface area contributed by atoms with Gasteiger partial charge in [0, 0.05) is 41.5 Å². The van der Waals surface area contributed by atoms with Crippen LogP contribution in [-0.2, 0) is 9.59 Å². The number of amides is 2. The van der Waals surface area contributed by atoms with E-state index in [1.165, 1.54) is 0 Å². The first-order valence-electron chi connectivity index (χ1n) is 12.3. The minimum absolute atomic E-state index is 0.00577. The van der Waals surface area contributed by atoms with Gasteiger partial charge in [0.25, 0.3) is 5.91 Å². The molecule has 0 aliphatic carbocycles. The molecule has 8 heteroatoms. The monoisotopic (exact) mass is 520 g/mol. The molecule has 0 unspecified atom stereocenters. The molecule has 192 valence electrons. The van der Waals surface area contributed by atoms with Crippen molar-refractivity contribution in [2.45, 2.75) is 32.1 Å². The van der Waals surface area contributed by atoms with Crippen LogP contribution in [-0.4, -0.2) is 42.6 Å². The Morgan fingerprint density at radius 3 is 2.41 bits per heavy atom. The summed E-state index contributed by atoms with van der Waals surface area (Å²) in [4.78, 5) is 41.2. The second-order valence-corrected chi connectivity index (χ2v) is 9.22. The summed E-state index contributed by atoms with van der Waals surface area (Å²) in [7, 11) is 0. The summed E-state index contributed by atoms with van der Waals surface area (Å²) < 4.78 is 5.57. The lowest BCUT2D eigenvalue weighted by molar-refractivity contribution is -0.137. The van der Waals surface area contributed by atoms with Crippen LogP contribution in [0, 0.1) is 0 Å². The van der Waals surface area contributed by atoms with E-state index in [1.54, 1.807) is 46.2 Å². The normalized spacial score (nSPS) is 14.5. The van der Waals surface area contributed by atoms with Crippen molar-refractivity contribution in [2.75, 3.05) is 29.5 Å². The summed E-state index contributed by atoms with van der Waals surface area (Å²) in [6, 6.07) is 21.6. The van der Waals surface area contributed by atoms with E-state index in [-0.39, 0.29) is 24.2 Å². The number of carbonyl (C=O) groups excluding carboxylic acids is 2. The molecule has 0 saturated carbocycles. The first kappa shape index (κ1) is 26.2. The number of para-hydroxylation sites is 1. The van der Waals surface area contributed by atoms with Gasteiger partial charge in [0.1, 0.15) is 5.75 Å². The van der Waals surface area contributed by atoms with E-state index in [0.717, 1.165) is 16.9 Å². The van der Waals surface area contributed by atoms with Gasteiger partial charge in [0.15, 0.2) is 0 Å². The summed E-state index contributed by atoms with van der Waals surface area (Å²) in [6.45, 7) is 3.17. The molecular formula is C29H29ClN2O5. The molecule has 0 bridgehead atoms. The predicted molar refractivity (Wildman–Crippen MR) is 144 cm³/mol. The number of anilines is 2. The first-order valence-corrected chi connectivity index (χ1v) is 12.7. The zero-order chi connectivity index (χ0) is 26.4. The Kier molecular flexibility index (Phi) is 8.46. The number of nitrogens with zero attached hydrogens (tertiary/aromatic N) is 2. The Morgan fingerprint density at radius 1 is 1.03 bits per heavy atom. The largest absolute Gasteiger partial charge is 0.494 e. The minimum atomic E-state index is -0.859. The maximum absolute atomic E-state index is 13.6. The summed E-state index contributed by atoms with van der Waals surface area (Å²) in [5, 5.41) is 9.34. The maximum atomic E-state index is 13.6. The minimum Gasteiger partial charge on any atom is -0.494 e. The van der Waals surface area contributed by atoms with Gasteiger partial charge in [0.2, 0.25) is 5.91 Å². The molecule has 0 spiro atoms. The van der Waals surface area contributed by atoms with Crippen molar-refractivity contribution < 1.29 is 24.2 Å². The summed E-state index contributed by atoms with van der Waals surface area (Å²) in [5.74, 6) is -0.803. The molecular weight excluding hydrogens is 492 g/mol. The van der Waals surface area contributed by atoms with Crippen LogP contribution in [0.15, 0.2) is 72.8 Å². The van der Waals surface area contributed by atoms with E-state index in [2.05, 4.69) is 0 Å². The average molecular weight is 521 g/mol. The number of hydrogen-bond acceptors (Lipinski definition) is 4. The van der Waals surface area contributed by atoms with Crippen molar-refractivity contribution in [1.29, 1.82) is 0 Å². The standard InChI is InChI=1S/C29H29ClN2O5/c1-2-31(22-13-11-21(30)12-14-22)29(36)25-17-18-32(26-7-4-3-6-24(25)26)28(35)20-9-15-23(16-10-20)37-19-5-8-27(33)34/h3-4,6-7,9-16,25H,2,5,8,17-19H2,1H3,(H,33,34)/t25-/m0/s1. The van der Waals surface area contributed by atoms with Gasteiger partial charge >= 0.3 is 5.97 Å². The number of benzene rings is 3. The maximum Gasteiger partial charge on any atom is 0.303 e. The average Bonchev–Trinajstić information content (AvgIpc) is 2.91. The molecule has 0 aromatic heterocycles. The molecule has 3 aromatic carbocycles. The van der Waals surface area contributed by atoms with Crippen LogP contribution in [0.25, 0.3) is 0 Å². The third kappa shape index (κ3) is 6.12. The smallest absolute Gasteiger partial charge is 0.303 e. The number of ether oxygens (including phenoxy) is 1. The molecule has 1 aliphatic rings. The van der Waals surface area contributed by atoms with Gasteiger partial charge in [-0.2, -0.15) is 0 Å². The third-order valence-electron chi connectivity index (χ3n) is 6.41. The summed E-state index contributed by atoms with van der Waals surface area (Å²) >= 11 is 6.03. The second kappa shape index (κ2) is 11.9. The van der Waals surface area contributed by atoms with Crippen LogP contribution < -0.4 is 14.5 Å². The van der Waals surface area contributed by atoms with Crippen LogP contribution in [0.4, 0.5) is 11.4 Å². The van der Waals surface area contributed by atoms with Crippen molar-refractivity contribution in [3.8, 4) is 5.75 Å². The summed E-state index contributed by atoms with van der Waals surface area (Å²) in [5.41, 5.74) is 2.86. The van der Waals surface area contributed by atoms with Gasteiger partial charge in [-0.3, -0.25) is 14.4 Å². The SMILES string of the molecule is CCN(C(=O)[C@H]1CCN(C(=O)c2ccc(OCCCC(=O)O)cc2)c2ccccc21)c1ccc(Cl)cc1. The molecule has 0 radical (unpaired) electrons. The van der Waals surface area contributed by atoms with Gasteiger partial charge in [-0.1, -0.05) is 29.8 Å². The number of carbonyl (C=O) groups is 3. The Hall–Kier alpha value is -3.84. The lowest BCUT2D eigenvalue weighted by Crippen LogP contribution is -2.42. The number of rotatable bonds is 9. The Labute approximate surface area is 221 Å². The van der Waals surface area contributed by atoms with Crippen molar-refractivity contribution in [2.24, 2.45) is 0 Å². The molecule has 7 nitrogen and oxygen atoms in total. The number of likely N-dealkylation sites (N-methyl/N-ethyl adjacent to an activating group) is 1. The van der Waals surface area contributed by atoms with E-state index < -0.39 is 5.97 Å². The van der Waals surface area contributed by atoms with Crippen LogP contribution in [0.1, 0.15) is 48.0 Å². The zero-order valence-electron chi connectivity index (χ0n) is 20.6. The van der Waals surface area contributed by atoms with Crippen molar-refractivity contribution in [3.05, 3.63) is 88.9 Å². The number of carboxylic acids is 1. The lowest BCUT2D eigenvalue weighted by atomic mass is 9.88. The second-order valence-electron chi connectivity index (χ2n) is 8.79. The van der Waals surface area contributed by atoms with E-state index >= 15 is 0 Å². The number of halogens is 1. The third-order valence-corrected chi connectivity index (χ3v) is 6.67.